The largest absolute Gasteiger partial charge is 0.495 e. The number of sulfonamides is 1. The molecule has 3 aromatic rings. The Hall–Kier alpha value is -3.52. The van der Waals surface area contributed by atoms with Crippen molar-refractivity contribution in [3.63, 3.8) is 0 Å². The Kier molecular flexibility index (Phi) is 7.03. The van der Waals surface area contributed by atoms with Gasteiger partial charge in [0, 0.05) is 11.7 Å². The van der Waals surface area contributed by atoms with Gasteiger partial charge in [-0.05, 0) is 80.8 Å². The maximum Gasteiger partial charge on any atom is 0.268 e. The fourth-order valence-corrected chi connectivity index (χ4v) is 6.10. The summed E-state index contributed by atoms with van der Waals surface area (Å²) in [5, 5.41) is 0. The molecule has 0 saturated carbocycles. The van der Waals surface area contributed by atoms with Crippen LogP contribution >= 0.6 is 0 Å². The van der Waals surface area contributed by atoms with Crippen LogP contribution in [0.5, 0.6) is 11.5 Å². The van der Waals surface area contributed by atoms with Crippen LogP contribution in [0.25, 0.3) is 0 Å². The number of aryl methyl sites for hydroxylation is 1. The van der Waals surface area contributed by atoms with Crippen molar-refractivity contribution >= 4 is 27.3 Å². The molecule has 7 nitrogen and oxygen atoms in total. The first-order valence-corrected chi connectivity index (χ1v) is 13.0. The molecule has 1 amide bonds. The maximum absolute atomic E-state index is 14.0. The number of amides is 1. The van der Waals surface area contributed by atoms with Crippen molar-refractivity contribution in [3.05, 3.63) is 77.9 Å². The summed E-state index contributed by atoms with van der Waals surface area (Å²) in [4.78, 5) is 15.3. The Morgan fingerprint density at radius 1 is 1.09 bits per heavy atom. The van der Waals surface area contributed by atoms with E-state index in [4.69, 9.17) is 9.47 Å². The number of para-hydroxylation sites is 1. The highest BCUT2D eigenvalue weighted by Crippen LogP contribution is 2.35. The van der Waals surface area contributed by atoms with Crippen LogP contribution in [0, 0.1) is 6.92 Å². The quantitative estimate of drug-likeness (QED) is 0.458. The number of rotatable bonds is 8. The molecule has 35 heavy (non-hydrogen) atoms. The lowest BCUT2D eigenvalue weighted by Crippen LogP contribution is -2.45. The van der Waals surface area contributed by atoms with Crippen molar-refractivity contribution in [2.45, 2.75) is 38.1 Å². The smallest absolute Gasteiger partial charge is 0.268 e. The molecule has 3 aromatic carbocycles. The fraction of sp³-hybridized carbons (Fsp3) is 0.296. The fourth-order valence-electron chi connectivity index (χ4n) is 4.44. The molecule has 0 aliphatic carbocycles. The number of hydrogen-bond acceptors (Lipinski definition) is 5. The van der Waals surface area contributed by atoms with Gasteiger partial charge in [0.2, 0.25) is 5.91 Å². The number of nitrogens with zero attached hydrogens (tertiary/aromatic N) is 2. The highest BCUT2D eigenvalue weighted by atomic mass is 32.2. The van der Waals surface area contributed by atoms with E-state index in [9.17, 15) is 13.2 Å². The van der Waals surface area contributed by atoms with E-state index in [-0.39, 0.29) is 29.1 Å². The summed E-state index contributed by atoms with van der Waals surface area (Å²) in [6.45, 7) is 5.80. The zero-order valence-electron chi connectivity index (χ0n) is 20.4. The van der Waals surface area contributed by atoms with Gasteiger partial charge >= 0.3 is 0 Å². The van der Waals surface area contributed by atoms with E-state index in [1.165, 1.54) is 7.11 Å². The van der Waals surface area contributed by atoms with E-state index in [1.54, 1.807) is 47.4 Å². The lowest BCUT2D eigenvalue weighted by Gasteiger charge is -2.29. The van der Waals surface area contributed by atoms with E-state index in [2.05, 4.69) is 0 Å². The van der Waals surface area contributed by atoms with Crippen molar-refractivity contribution in [3.8, 4) is 11.5 Å². The van der Waals surface area contributed by atoms with Crippen LogP contribution in [0.2, 0.25) is 0 Å². The molecule has 0 spiro atoms. The van der Waals surface area contributed by atoms with Gasteiger partial charge in [-0.15, -0.1) is 0 Å². The Morgan fingerprint density at radius 2 is 1.80 bits per heavy atom. The van der Waals surface area contributed by atoms with Crippen LogP contribution in [0.15, 0.2) is 71.6 Å². The minimum Gasteiger partial charge on any atom is -0.495 e. The second-order valence-corrected chi connectivity index (χ2v) is 10.4. The van der Waals surface area contributed by atoms with Crippen molar-refractivity contribution in [1.82, 2.24) is 0 Å². The standard InChI is InChI=1S/C27H30N2O5S/c1-5-34-23-13-11-22(12-14-23)28(35(31,32)26-16-19(2)10-15-25(26)33-4)18-27(30)29-20(3)17-21-8-6-7-9-24(21)29/h6-16,20H,5,17-18H2,1-4H3/t20-/m1/s1. The monoisotopic (exact) mass is 494 g/mol. The van der Waals surface area contributed by atoms with Gasteiger partial charge in [0.1, 0.15) is 22.9 Å². The number of carbonyl (C=O) groups is 1. The van der Waals surface area contributed by atoms with E-state index in [0.29, 0.717) is 18.0 Å². The molecule has 1 heterocycles. The molecule has 0 bridgehead atoms. The number of hydrogen-bond donors (Lipinski definition) is 0. The van der Waals surface area contributed by atoms with Gasteiger partial charge < -0.3 is 14.4 Å². The Bertz CT molecular complexity index is 1320. The first-order valence-electron chi connectivity index (χ1n) is 11.6. The third-order valence-electron chi connectivity index (χ3n) is 6.08. The molecule has 0 unspecified atom stereocenters. The summed E-state index contributed by atoms with van der Waals surface area (Å²) < 4.78 is 40.0. The second-order valence-electron chi connectivity index (χ2n) is 8.54. The molecule has 0 N–H and O–H groups in total. The molecule has 0 aromatic heterocycles. The third kappa shape index (κ3) is 4.84. The number of carbonyl (C=O) groups excluding carboxylic acids is 1. The van der Waals surface area contributed by atoms with E-state index in [0.717, 1.165) is 27.5 Å². The molecular formula is C27H30N2O5S. The number of fused-ring (bicyclic) bond motifs is 1. The predicted octanol–water partition coefficient (Wildman–Crippen LogP) is 4.58. The third-order valence-corrected chi connectivity index (χ3v) is 7.87. The summed E-state index contributed by atoms with van der Waals surface area (Å²) in [5.74, 6) is 0.542. The predicted molar refractivity (Wildman–Crippen MR) is 137 cm³/mol. The molecule has 1 atom stereocenters. The van der Waals surface area contributed by atoms with Crippen molar-refractivity contribution < 1.29 is 22.7 Å². The van der Waals surface area contributed by atoms with Crippen LogP contribution in [-0.2, 0) is 21.2 Å². The van der Waals surface area contributed by atoms with Crippen molar-refractivity contribution in [2.24, 2.45) is 0 Å². The average Bonchev–Trinajstić information content (AvgIpc) is 3.19. The highest BCUT2D eigenvalue weighted by Gasteiger charge is 2.35. The van der Waals surface area contributed by atoms with E-state index in [1.807, 2.05) is 45.0 Å². The van der Waals surface area contributed by atoms with Crippen LogP contribution in [-0.4, -0.2) is 40.6 Å². The second kappa shape index (κ2) is 10.00. The van der Waals surface area contributed by atoms with Crippen LogP contribution in [0.3, 0.4) is 0 Å². The summed E-state index contributed by atoms with van der Waals surface area (Å²) in [7, 11) is -2.71. The van der Waals surface area contributed by atoms with Gasteiger partial charge in [0.05, 0.1) is 19.4 Å². The first kappa shape index (κ1) is 24.6. The molecule has 184 valence electrons. The summed E-state index contributed by atoms with van der Waals surface area (Å²) in [6, 6.07) is 19.3. The Balaban J connectivity index is 1.77. The van der Waals surface area contributed by atoms with Gasteiger partial charge in [0.25, 0.3) is 10.0 Å². The van der Waals surface area contributed by atoms with E-state index >= 15 is 0 Å². The SMILES string of the molecule is CCOc1ccc(N(CC(=O)N2c3ccccc3C[C@H]2C)S(=O)(=O)c2cc(C)ccc2OC)cc1. The van der Waals surface area contributed by atoms with Gasteiger partial charge in [0.15, 0.2) is 0 Å². The topological polar surface area (TPSA) is 76.2 Å². The zero-order chi connectivity index (χ0) is 25.2. The lowest BCUT2D eigenvalue weighted by molar-refractivity contribution is -0.117. The van der Waals surface area contributed by atoms with E-state index < -0.39 is 10.0 Å². The Labute approximate surface area is 206 Å². The molecule has 1 aliphatic rings. The van der Waals surface area contributed by atoms with Crippen LogP contribution < -0.4 is 18.7 Å². The molecule has 0 radical (unpaired) electrons. The Morgan fingerprint density at radius 3 is 2.49 bits per heavy atom. The molecule has 8 heteroatoms. The summed E-state index contributed by atoms with van der Waals surface area (Å²) in [6.07, 6.45) is 0.726. The van der Waals surface area contributed by atoms with Crippen molar-refractivity contribution in [2.75, 3.05) is 29.5 Å². The van der Waals surface area contributed by atoms with Crippen molar-refractivity contribution in [1.29, 1.82) is 0 Å². The minimum absolute atomic E-state index is 0.0107. The minimum atomic E-state index is -4.14. The van der Waals surface area contributed by atoms with Crippen LogP contribution in [0.4, 0.5) is 11.4 Å². The van der Waals surface area contributed by atoms with Gasteiger partial charge in [-0.2, -0.15) is 0 Å². The first-order chi connectivity index (χ1) is 16.8. The number of methoxy groups -OCH3 is 1. The average molecular weight is 495 g/mol. The summed E-state index contributed by atoms with van der Waals surface area (Å²) >= 11 is 0. The lowest BCUT2D eigenvalue weighted by atomic mass is 10.1. The number of ether oxygens (including phenoxy) is 2. The van der Waals surface area contributed by atoms with Crippen LogP contribution in [0.1, 0.15) is 25.0 Å². The normalized spacial score (nSPS) is 15.0. The maximum atomic E-state index is 14.0. The van der Waals surface area contributed by atoms with Gasteiger partial charge in [-0.3, -0.25) is 9.10 Å². The molecule has 1 aliphatic heterocycles. The van der Waals surface area contributed by atoms with Gasteiger partial charge in [-0.1, -0.05) is 24.3 Å². The molecule has 0 saturated heterocycles. The number of benzene rings is 3. The highest BCUT2D eigenvalue weighted by molar-refractivity contribution is 7.93. The summed E-state index contributed by atoms with van der Waals surface area (Å²) in [5.41, 5.74) is 3.03. The molecule has 0 fully saturated rings. The zero-order valence-corrected chi connectivity index (χ0v) is 21.2. The molecule has 4 rings (SSSR count). The number of anilines is 2. The molecular weight excluding hydrogens is 464 g/mol. The van der Waals surface area contributed by atoms with Gasteiger partial charge in [-0.25, -0.2) is 8.42 Å².